The number of nitrogens with zero attached hydrogens (tertiary/aromatic N) is 2. The van der Waals surface area contributed by atoms with Crippen molar-refractivity contribution in [2.75, 3.05) is 44.7 Å². The molecule has 3 rings (SSSR count). The molecule has 0 unspecified atom stereocenters. The number of halogens is 2. The molecule has 1 aromatic heterocycles. The van der Waals surface area contributed by atoms with Gasteiger partial charge in [0.1, 0.15) is 11.3 Å². The summed E-state index contributed by atoms with van der Waals surface area (Å²) in [7, 11) is 0. The number of anilines is 1. The zero-order valence-corrected chi connectivity index (χ0v) is 11.7. The van der Waals surface area contributed by atoms with Gasteiger partial charge in [0.25, 0.3) is 0 Å². The van der Waals surface area contributed by atoms with E-state index in [2.05, 4.69) is 15.2 Å². The lowest BCUT2D eigenvalue weighted by Gasteiger charge is -2.26. The minimum Gasteiger partial charge on any atom is -0.379 e. The molecule has 1 saturated heterocycles. The Morgan fingerprint density at radius 1 is 1.25 bits per heavy atom. The average molecular weight is 299 g/mol. The fourth-order valence-corrected chi connectivity index (χ4v) is 3.08. The van der Waals surface area contributed by atoms with Crippen molar-refractivity contribution < 1.29 is 13.5 Å². The number of nitrogens with one attached hydrogen (secondary N) is 1. The average Bonchev–Trinajstić information content (AvgIpc) is 2.90. The SMILES string of the molecule is Fc1ccc(F)c2sc(NCCN3CCOCC3)nc12. The number of benzene rings is 1. The summed E-state index contributed by atoms with van der Waals surface area (Å²) >= 11 is 1.14. The van der Waals surface area contributed by atoms with E-state index in [-0.39, 0.29) is 10.2 Å². The standard InChI is InChI=1S/C13H15F2N3OS/c14-9-1-2-10(15)12-11(9)17-13(20-12)16-3-4-18-5-7-19-8-6-18/h1-2H,3-8H2,(H,16,17). The summed E-state index contributed by atoms with van der Waals surface area (Å²) in [6.45, 7) is 4.93. The van der Waals surface area contributed by atoms with E-state index in [1.54, 1.807) is 0 Å². The number of fused-ring (bicyclic) bond motifs is 1. The summed E-state index contributed by atoms with van der Waals surface area (Å²) < 4.78 is 32.6. The van der Waals surface area contributed by atoms with Gasteiger partial charge in [-0.3, -0.25) is 4.90 Å². The largest absolute Gasteiger partial charge is 0.379 e. The lowest BCUT2D eigenvalue weighted by molar-refractivity contribution is 0.0398. The van der Waals surface area contributed by atoms with Crippen LogP contribution in [0.25, 0.3) is 10.2 Å². The minimum absolute atomic E-state index is 0.101. The van der Waals surface area contributed by atoms with E-state index in [1.807, 2.05) is 0 Å². The maximum absolute atomic E-state index is 13.5. The normalized spacial score (nSPS) is 16.7. The van der Waals surface area contributed by atoms with Crippen LogP contribution in [-0.4, -0.2) is 49.3 Å². The predicted molar refractivity (Wildman–Crippen MR) is 75.3 cm³/mol. The third-order valence-corrected chi connectivity index (χ3v) is 4.28. The molecule has 7 heteroatoms. The first-order chi connectivity index (χ1) is 9.74. The van der Waals surface area contributed by atoms with Crippen LogP contribution in [0.3, 0.4) is 0 Å². The van der Waals surface area contributed by atoms with Crippen molar-refractivity contribution in [1.29, 1.82) is 0 Å². The van der Waals surface area contributed by atoms with Crippen LogP contribution >= 0.6 is 11.3 Å². The van der Waals surface area contributed by atoms with E-state index in [4.69, 9.17) is 4.74 Å². The maximum Gasteiger partial charge on any atom is 0.184 e. The van der Waals surface area contributed by atoms with Crippen molar-refractivity contribution in [1.82, 2.24) is 9.88 Å². The molecule has 1 N–H and O–H groups in total. The second-order valence-electron chi connectivity index (χ2n) is 4.61. The summed E-state index contributed by atoms with van der Waals surface area (Å²) in [5, 5.41) is 3.68. The first-order valence-electron chi connectivity index (χ1n) is 6.52. The predicted octanol–water partition coefficient (Wildman–Crippen LogP) is 2.32. The molecular formula is C13H15F2N3OS. The Kier molecular flexibility index (Phi) is 4.09. The molecule has 108 valence electrons. The van der Waals surface area contributed by atoms with Gasteiger partial charge < -0.3 is 10.1 Å². The third kappa shape index (κ3) is 2.89. The number of hydrogen-bond donors (Lipinski definition) is 1. The Morgan fingerprint density at radius 2 is 2.00 bits per heavy atom. The Balaban J connectivity index is 1.63. The summed E-state index contributed by atoms with van der Waals surface area (Å²) in [6.07, 6.45) is 0. The van der Waals surface area contributed by atoms with Crippen LogP contribution < -0.4 is 5.32 Å². The highest BCUT2D eigenvalue weighted by atomic mass is 32.1. The number of hydrogen-bond acceptors (Lipinski definition) is 5. The number of morpholine rings is 1. The van der Waals surface area contributed by atoms with E-state index < -0.39 is 11.6 Å². The van der Waals surface area contributed by atoms with Gasteiger partial charge in [0.05, 0.1) is 17.9 Å². The monoisotopic (exact) mass is 299 g/mol. The Labute approximate surface area is 119 Å². The highest BCUT2D eigenvalue weighted by Gasteiger charge is 2.13. The molecule has 1 fully saturated rings. The van der Waals surface area contributed by atoms with Gasteiger partial charge >= 0.3 is 0 Å². The molecule has 0 bridgehead atoms. The van der Waals surface area contributed by atoms with Gasteiger partial charge in [-0.05, 0) is 12.1 Å². The van der Waals surface area contributed by atoms with E-state index >= 15 is 0 Å². The van der Waals surface area contributed by atoms with Crippen LogP contribution in [-0.2, 0) is 4.74 Å². The minimum atomic E-state index is -0.487. The molecule has 2 heterocycles. The first-order valence-corrected chi connectivity index (χ1v) is 7.34. The molecule has 0 amide bonds. The topological polar surface area (TPSA) is 37.4 Å². The molecule has 1 aliphatic heterocycles. The van der Waals surface area contributed by atoms with Crippen molar-refractivity contribution in [3.8, 4) is 0 Å². The van der Waals surface area contributed by atoms with Crippen molar-refractivity contribution in [3.05, 3.63) is 23.8 Å². The summed E-state index contributed by atoms with van der Waals surface area (Å²) in [4.78, 5) is 6.39. The maximum atomic E-state index is 13.5. The van der Waals surface area contributed by atoms with Gasteiger partial charge in [0.15, 0.2) is 10.9 Å². The van der Waals surface area contributed by atoms with Gasteiger partial charge in [0.2, 0.25) is 0 Å². The molecule has 0 spiro atoms. The zero-order valence-electron chi connectivity index (χ0n) is 10.9. The van der Waals surface area contributed by atoms with Crippen molar-refractivity contribution in [2.45, 2.75) is 0 Å². The number of aromatic nitrogens is 1. The molecule has 0 radical (unpaired) electrons. The van der Waals surface area contributed by atoms with E-state index in [0.29, 0.717) is 11.7 Å². The second-order valence-corrected chi connectivity index (χ2v) is 5.61. The molecule has 20 heavy (non-hydrogen) atoms. The van der Waals surface area contributed by atoms with E-state index in [0.717, 1.165) is 56.3 Å². The smallest absolute Gasteiger partial charge is 0.184 e. The highest BCUT2D eigenvalue weighted by Crippen LogP contribution is 2.29. The Bertz CT molecular complexity index is 560. The van der Waals surface area contributed by atoms with Gasteiger partial charge in [-0.2, -0.15) is 0 Å². The molecule has 0 aliphatic carbocycles. The second kappa shape index (κ2) is 5.99. The fraction of sp³-hybridized carbons (Fsp3) is 0.462. The summed E-state index contributed by atoms with van der Waals surface area (Å²) in [6, 6.07) is 2.24. The first kappa shape index (κ1) is 13.7. The molecule has 0 atom stereocenters. The van der Waals surface area contributed by atoms with Gasteiger partial charge in [-0.25, -0.2) is 13.8 Å². The van der Waals surface area contributed by atoms with Crippen LogP contribution in [0, 0.1) is 11.6 Å². The molecular weight excluding hydrogens is 284 g/mol. The molecule has 0 saturated carbocycles. The van der Waals surface area contributed by atoms with E-state index in [1.165, 1.54) is 0 Å². The van der Waals surface area contributed by atoms with Gasteiger partial charge in [-0.1, -0.05) is 11.3 Å². The van der Waals surface area contributed by atoms with Crippen molar-refractivity contribution in [3.63, 3.8) is 0 Å². The van der Waals surface area contributed by atoms with Crippen molar-refractivity contribution in [2.24, 2.45) is 0 Å². The van der Waals surface area contributed by atoms with E-state index in [9.17, 15) is 8.78 Å². The van der Waals surface area contributed by atoms with Crippen LogP contribution in [0.5, 0.6) is 0 Å². The summed E-state index contributed by atoms with van der Waals surface area (Å²) in [5.74, 6) is -0.918. The number of ether oxygens (including phenoxy) is 1. The van der Waals surface area contributed by atoms with Crippen LogP contribution in [0.4, 0.5) is 13.9 Å². The molecule has 1 aromatic carbocycles. The van der Waals surface area contributed by atoms with Gasteiger partial charge in [-0.15, -0.1) is 0 Å². The number of thiazole rings is 1. The lowest BCUT2D eigenvalue weighted by Crippen LogP contribution is -2.38. The van der Waals surface area contributed by atoms with Crippen LogP contribution in [0.15, 0.2) is 12.1 Å². The quantitative estimate of drug-likeness (QED) is 0.940. The van der Waals surface area contributed by atoms with Crippen molar-refractivity contribution >= 4 is 26.7 Å². The highest BCUT2D eigenvalue weighted by molar-refractivity contribution is 7.22. The van der Waals surface area contributed by atoms with Gasteiger partial charge in [0, 0.05) is 26.2 Å². The molecule has 4 nitrogen and oxygen atoms in total. The zero-order chi connectivity index (χ0) is 13.9. The number of rotatable bonds is 4. The Hall–Kier alpha value is -1.31. The fourth-order valence-electron chi connectivity index (χ4n) is 2.17. The third-order valence-electron chi connectivity index (χ3n) is 3.25. The molecule has 1 aliphatic rings. The molecule has 2 aromatic rings. The van der Waals surface area contributed by atoms with Crippen LogP contribution in [0.2, 0.25) is 0 Å². The lowest BCUT2D eigenvalue weighted by atomic mass is 10.3. The summed E-state index contributed by atoms with van der Waals surface area (Å²) in [5.41, 5.74) is 0.101. The Morgan fingerprint density at radius 3 is 2.75 bits per heavy atom. The van der Waals surface area contributed by atoms with Crippen LogP contribution in [0.1, 0.15) is 0 Å².